The molecule has 0 bridgehead atoms. The molecule has 2 heterocycles. The predicted molar refractivity (Wildman–Crippen MR) is 122 cm³/mol. The predicted octanol–water partition coefficient (Wildman–Crippen LogP) is 1.93. The number of hydrogen-bond acceptors (Lipinski definition) is 8. The Morgan fingerprint density at radius 2 is 1.61 bits per heavy atom. The van der Waals surface area contributed by atoms with Gasteiger partial charge in [-0.1, -0.05) is 52.0 Å². The minimum absolute atomic E-state index is 0.0137. The van der Waals surface area contributed by atoms with E-state index >= 15 is 0 Å². The summed E-state index contributed by atoms with van der Waals surface area (Å²) in [6, 6.07) is 0. The van der Waals surface area contributed by atoms with Gasteiger partial charge >= 0.3 is 5.97 Å². The summed E-state index contributed by atoms with van der Waals surface area (Å²) in [5.41, 5.74) is 0. The van der Waals surface area contributed by atoms with Gasteiger partial charge in [-0.15, -0.1) is 0 Å². The Morgan fingerprint density at radius 1 is 0.909 bits per heavy atom. The highest BCUT2D eigenvalue weighted by molar-refractivity contribution is 5.91. The van der Waals surface area contributed by atoms with Gasteiger partial charge in [0.25, 0.3) is 0 Å². The van der Waals surface area contributed by atoms with Crippen molar-refractivity contribution in [3.8, 4) is 0 Å². The summed E-state index contributed by atoms with van der Waals surface area (Å²) in [5.74, 6) is -1.25. The maximum Gasteiger partial charge on any atom is 0.330 e. The Labute approximate surface area is 195 Å². The van der Waals surface area contributed by atoms with Crippen LogP contribution >= 0.6 is 0 Å². The normalized spacial score (nSPS) is 44.6. The lowest BCUT2D eigenvalue weighted by molar-refractivity contribution is -0.290. The third kappa shape index (κ3) is 7.86. The van der Waals surface area contributed by atoms with Crippen LogP contribution in [0.2, 0.25) is 0 Å². The van der Waals surface area contributed by atoms with Crippen molar-refractivity contribution < 1.29 is 39.1 Å². The van der Waals surface area contributed by atoms with E-state index in [4.69, 9.17) is 14.2 Å². The van der Waals surface area contributed by atoms with Gasteiger partial charge in [0.15, 0.2) is 12.1 Å². The van der Waals surface area contributed by atoms with Crippen molar-refractivity contribution >= 4 is 11.8 Å². The van der Waals surface area contributed by atoms with E-state index in [0.29, 0.717) is 6.42 Å². The highest BCUT2D eigenvalue weighted by Crippen LogP contribution is 2.29. The number of ketones is 1. The first-order chi connectivity index (χ1) is 15.5. The highest BCUT2D eigenvalue weighted by atomic mass is 16.7. The first-order valence-electron chi connectivity index (χ1n) is 11.6. The number of rotatable bonds is 2. The maximum atomic E-state index is 12.6. The Kier molecular flexibility index (Phi) is 10.4. The molecule has 3 N–H and O–H groups in total. The number of ether oxygens (including phenoxy) is 3. The smallest absolute Gasteiger partial charge is 0.330 e. The Bertz CT molecular complexity index is 745. The molecule has 1 saturated heterocycles. The van der Waals surface area contributed by atoms with Crippen molar-refractivity contribution in [2.45, 2.75) is 77.8 Å². The summed E-state index contributed by atoms with van der Waals surface area (Å²) in [6.45, 7) is 9.18. The van der Waals surface area contributed by atoms with Crippen LogP contribution in [0.1, 0.15) is 41.0 Å². The third-order valence-corrected chi connectivity index (χ3v) is 6.40. The zero-order valence-electron chi connectivity index (χ0n) is 20.0. The third-order valence-electron chi connectivity index (χ3n) is 6.40. The number of allylic oxidation sites excluding steroid dienone is 3. The van der Waals surface area contributed by atoms with Crippen molar-refractivity contribution in [1.29, 1.82) is 0 Å². The molecule has 0 radical (unpaired) electrons. The first-order valence-corrected chi connectivity index (χ1v) is 11.6. The highest BCUT2D eigenvalue weighted by Gasteiger charge is 2.41. The first kappa shape index (κ1) is 27.4. The monoisotopic (exact) mass is 466 g/mol. The molecule has 0 aliphatic carbocycles. The van der Waals surface area contributed by atoms with Gasteiger partial charge in [-0.25, -0.2) is 4.79 Å². The molecule has 0 aromatic carbocycles. The van der Waals surface area contributed by atoms with Gasteiger partial charge in [0.1, 0.15) is 24.4 Å². The van der Waals surface area contributed by atoms with Gasteiger partial charge in [-0.3, -0.25) is 4.79 Å². The molecular weight excluding hydrogens is 428 g/mol. The van der Waals surface area contributed by atoms with Gasteiger partial charge in [0, 0.05) is 23.8 Å². The minimum Gasteiger partial charge on any atom is -0.459 e. The van der Waals surface area contributed by atoms with Crippen LogP contribution < -0.4 is 0 Å². The SMILES string of the molecule is C[C@@H]1C[C@H](C)[C@H](O[C@@H]2OC[C@@H](O)[C@H](O)[C@H]2O)[C@@H](C)/C=C/C(=O)O[C@H](C)[C@@H](C)/C=C/C=C/C1=O. The molecule has 2 aliphatic heterocycles. The van der Waals surface area contributed by atoms with E-state index in [9.17, 15) is 24.9 Å². The second-order valence-electron chi connectivity index (χ2n) is 9.33. The summed E-state index contributed by atoms with van der Waals surface area (Å²) in [5, 5.41) is 30.0. The van der Waals surface area contributed by atoms with Gasteiger partial charge in [-0.2, -0.15) is 0 Å². The van der Waals surface area contributed by atoms with Gasteiger partial charge in [0.2, 0.25) is 0 Å². The van der Waals surface area contributed by atoms with E-state index in [0.717, 1.165) is 0 Å². The molecule has 8 heteroatoms. The van der Waals surface area contributed by atoms with Crippen LogP contribution in [0.25, 0.3) is 0 Å². The molecule has 2 aliphatic rings. The lowest BCUT2D eigenvalue weighted by atomic mass is 9.84. The number of cyclic esters (lactones) is 1. The van der Waals surface area contributed by atoms with Crippen LogP contribution in [-0.4, -0.2) is 70.5 Å². The number of esters is 1. The summed E-state index contributed by atoms with van der Waals surface area (Å²) in [4.78, 5) is 24.9. The van der Waals surface area contributed by atoms with Gasteiger partial charge in [-0.05, 0) is 25.3 Å². The fourth-order valence-electron chi connectivity index (χ4n) is 4.02. The largest absolute Gasteiger partial charge is 0.459 e. The fourth-order valence-corrected chi connectivity index (χ4v) is 4.02. The zero-order chi connectivity index (χ0) is 24.7. The zero-order valence-corrected chi connectivity index (χ0v) is 20.0. The van der Waals surface area contributed by atoms with Crippen LogP contribution in [0.15, 0.2) is 36.5 Å². The average Bonchev–Trinajstić information content (AvgIpc) is 2.77. The Hall–Kier alpha value is -1.84. The average molecular weight is 467 g/mol. The molecule has 0 unspecified atom stereocenters. The van der Waals surface area contributed by atoms with Gasteiger partial charge < -0.3 is 29.5 Å². The van der Waals surface area contributed by atoms with Crippen molar-refractivity contribution in [2.75, 3.05) is 6.61 Å². The maximum absolute atomic E-state index is 12.6. The molecule has 1 fully saturated rings. The van der Waals surface area contributed by atoms with E-state index in [1.54, 1.807) is 25.2 Å². The van der Waals surface area contributed by atoms with E-state index in [1.807, 2.05) is 33.8 Å². The Balaban J connectivity index is 2.28. The van der Waals surface area contributed by atoms with E-state index in [1.165, 1.54) is 12.2 Å². The van der Waals surface area contributed by atoms with Crippen molar-refractivity contribution in [3.63, 3.8) is 0 Å². The topological polar surface area (TPSA) is 123 Å². The summed E-state index contributed by atoms with van der Waals surface area (Å²) < 4.78 is 17.0. The van der Waals surface area contributed by atoms with Crippen LogP contribution in [0, 0.1) is 23.7 Å². The van der Waals surface area contributed by atoms with Crippen LogP contribution in [0.3, 0.4) is 0 Å². The molecule has 8 nitrogen and oxygen atoms in total. The number of hydrogen-bond donors (Lipinski definition) is 3. The number of carbonyl (C=O) groups excluding carboxylic acids is 2. The quantitative estimate of drug-likeness (QED) is 0.528. The lowest BCUT2D eigenvalue weighted by Crippen LogP contribution is -2.55. The molecule has 0 aromatic rings. The lowest BCUT2D eigenvalue weighted by Gasteiger charge is -2.39. The van der Waals surface area contributed by atoms with Crippen molar-refractivity contribution in [1.82, 2.24) is 0 Å². The fraction of sp³-hybridized carbons (Fsp3) is 0.680. The number of aliphatic hydroxyl groups excluding tert-OH is 3. The van der Waals surface area contributed by atoms with E-state index < -0.39 is 36.7 Å². The molecule has 10 atom stereocenters. The minimum atomic E-state index is -1.43. The molecule has 186 valence electrons. The molecule has 0 aromatic heterocycles. The number of aliphatic hydroxyl groups is 3. The van der Waals surface area contributed by atoms with E-state index in [-0.39, 0.29) is 42.2 Å². The summed E-state index contributed by atoms with van der Waals surface area (Å²) in [7, 11) is 0. The standard InChI is InChI=1S/C25H38O8/c1-14-8-6-7-9-19(26)16(3)12-17(4)24(15(2)10-11-21(28)32-18(14)5)33-25-23(30)22(29)20(27)13-31-25/h6-11,14-18,20,22-25,27,29-30H,12-13H2,1-5H3/b8-6+,9-7+,11-10+/t14-,15-,16+,17-,18+,20+,22-,23+,24+,25-/m0/s1. The second kappa shape index (κ2) is 12.6. The molecule has 0 saturated carbocycles. The van der Waals surface area contributed by atoms with Gasteiger partial charge in [0.05, 0.1) is 12.7 Å². The second-order valence-corrected chi connectivity index (χ2v) is 9.33. The van der Waals surface area contributed by atoms with Crippen LogP contribution in [-0.2, 0) is 23.8 Å². The number of carbonyl (C=O) groups is 2. The van der Waals surface area contributed by atoms with Crippen LogP contribution in [0.4, 0.5) is 0 Å². The molecule has 0 spiro atoms. The Morgan fingerprint density at radius 3 is 2.30 bits per heavy atom. The molecule has 33 heavy (non-hydrogen) atoms. The van der Waals surface area contributed by atoms with Crippen molar-refractivity contribution in [3.05, 3.63) is 36.5 Å². The molecular formula is C25H38O8. The van der Waals surface area contributed by atoms with Crippen molar-refractivity contribution in [2.24, 2.45) is 23.7 Å². The summed E-state index contributed by atoms with van der Waals surface area (Å²) in [6.07, 6.45) is 4.35. The van der Waals surface area contributed by atoms with E-state index in [2.05, 4.69) is 0 Å². The summed E-state index contributed by atoms with van der Waals surface area (Å²) >= 11 is 0. The molecule has 2 rings (SSSR count). The van der Waals surface area contributed by atoms with Crippen LogP contribution in [0.5, 0.6) is 0 Å². The molecule has 0 amide bonds.